The summed E-state index contributed by atoms with van der Waals surface area (Å²) in [5.74, 6) is -1.09. The molecule has 1 heterocycles. The maximum absolute atomic E-state index is 11.4. The minimum atomic E-state index is -1.09. The fourth-order valence-corrected chi connectivity index (χ4v) is 2.74. The van der Waals surface area contributed by atoms with Crippen LogP contribution >= 0.6 is 15.9 Å². The summed E-state index contributed by atoms with van der Waals surface area (Å²) < 4.78 is 0.935. The highest BCUT2D eigenvalue weighted by Gasteiger charge is 2.15. The lowest BCUT2D eigenvalue weighted by molar-refractivity contribution is -0.129. The number of hydrogen-bond donors (Lipinski definition) is 2. The third-order valence-electron chi connectivity index (χ3n) is 3.58. The zero-order valence-corrected chi connectivity index (χ0v) is 14.3. The van der Waals surface area contributed by atoms with Crippen molar-refractivity contribution in [3.63, 3.8) is 0 Å². The number of fused-ring (bicyclic) bond motifs is 1. The van der Waals surface area contributed by atoms with Crippen molar-refractivity contribution in [1.29, 1.82) is 0 Å². The van der Waals surface area contributed by atoms with Gasteiger partial charge in [-0.1, -0.05) is 51.4 Å². The van der Waals surface area contributed by atoms with Crippen molar-refractivity contribution < 1.29 is 14.7 Å². The quantitative estimate of drug-likeness (QED) is 0.493. The average molecular weight is 387 g/mol. The van der Waals surface area contributed by atoms with Crippen molar-refractivity contribution >= 4 is 38.5 Å². The normalized spacial score (nSPS) is 11.6. The van der Waals surface area contributed by atoms with Crippen LogP contribution in [-0.4, -0.2) is 21.8 Å². The topological polar surface area (TPSA) is 74.7 Å². The van der Waals surface area contributed by atoms with Crippen LogP contribution < -0.4 is 0 Å². The highest BCUT2D eigenvalue weighted by atomic mass is 79.9. The molecule has 2 aromatic carbocycles. The summed E-state index contributed by atoms with van der Waals surface area (Å²) in [4.78, 5) is 19.8. The second kappa shape index (κ2) is 7.31. The van der Waals surface area contributed by atoms with E-state index in [1.807, 2.05) is 48.5 Å². The highest BCUT2D eigenvalue weighted by molar-refractivity contribution is 9.10. The molecule has 0 saturated carbocycles. The largest absolute Gasteiger partial charge is 0.477 e. The summed E-state index contributed by atoms with van der Waals surface area (Å²) in [6.07, 6.45) is 1.98. The number of carbonyl (C=O) groups is 1. The van der Waals surface area contributed by atoms with Gasteiger partial charge in [0.05, 0.1) is 0 Å². The molecular weight excluding hydrogens is 372 g/mol. The zero-order chi connectivity index (χ0) is 16.9. The Balaban J connectivity index is 1.77. The van der Waals surface area contributed by atoms with Crippen molar-refractivity contribution in [2.75, 3.05) is 0 Å². The van der Waals surface area contributed by atoms with Gasteiger partial charge < -0.3 is 14.9 Å². The molecule has 0 aliphatic carbocycles. The predicted octanol–water partition coefficient (Wildman–Crippen LogP) is 4.13. The number of carboxylic acid groups (broad SMARTS) is 1. The number of hydrogen-bond acceptors (Lipinski definition) is 3. The zero-order valence-electron chi connectivity index (χ0n) is 12.7. The summed E-state index contributed by atoms with van der Waals surface area (Å²) in [5.41, 5.74) is 2.70. The smallest absolute Gasteiger partial charge is 0.354 e. The van der Waals surface area contributed by atoms with Gasteiger partial charge >= 0.3 is 5.97 Å². The lowest BCUT2D eigenvalue weighted by Crippen LogP contribution is -2.16. The van der Waals surface area contributed by atoms with Crippen molar-refractivity contribution in [3.8, 4) is 0 Å². The van der Waals surface area contributed by atoms with Gasteiger partial charge in [0, 0.05) is 28.0 Å². The van der Waals surface area contributed by atoms with E-state index in [0.29, 0.717) is 0 Å². The van der Waals surface area contributed by atoms with Crippen LogP contribution in [0.3, 0.4) is 0 Å². The second-order valence-corrected chi connectivity index (χ2v) is 6.20. The average Bonchev–Trinajstić information content (AvgIpc) is 2.97. The number of rotatable bonds is 6. The predicted molar refractivity (Wildman–Crippen MR) is 96.0 cm³/mol. The van der Waals surface area contributed by atoms with Crippen molar-refractivity contribution in [2.45, 2.75) is 13.0 Å². The van der Waals surface area contributed by atoms with Crippen molar-refractivity contribution in [3.05, 3.63) is 70.3 Å². The van der Waals surface area contributed by atoms with Gasteiger partial charge in [0.1, 0.15) is 6.61 Å². The fraction of sp³-hybridized carbons (Fsp3) is 0.111. The molecular formula is C18H15BrN2O3. The van der Waals surface area contributed by atoms with Crippen LogP contribution in [0.2, 0.25) is 0 Å². The van der Waals surface area contributed by atoms with Gasteiger partial charge in [-0.05, 0) is 29.3 Å². The third-order valence-corrected chi connectivity index (χ3v) is 4.08. The Bertz CT molecular complexity index is 888. The van der Waals surface area contributed by atoms with E-state index in [0.717, 1.165) is 26.5 Å². The Kier molecular flexibility index (Phi) is 4.96. The number of aromatic amines is 1. The Labute approximate surface area is 147 Å². The van der Waals surface area contributed by atoms with E-state index in [1.165, 1.54) is 0 Å². The van der Waals surface area contributed by atoms with E-state index in [2.05, 4.69) is 26.1 Å². The molecule has 0 spiro atoms. The van der Waals surface area contributed by atoms with Gasteiger partial charge in [0.2, 0.25) is 0 Å². The highest BCUT2D eigenvalue weighted by Crippen LogP contribution is 2.23. The van der Waals surface area contributed by atoms with Crippen LogP contribution in [0.4, 0.5) is 0 Å². The van der Waals surface area contributed by atoms with Gasteiger partial charge in [-0.25, -0.2) is 4.79 Å². The molecule has 122 valence electrons. The number of aromatic nitrogens is 1. The van der Waals surface area contributed by atoms with Crippen LogP contribution in [0.5, 0.6) is 0 Å². The Morgan fingerprint density at radius 1 is 1.21 bits per heavy atom. The third kappa shape index (κ3) is 3.83. The number of H-pyrrole nitrogens is 1. The molecule has 0 atom stereocenters. The van der Waals surface area contributed by atoms with Crippen molar-refractivity contribution in [2.24, 2.45) is 5.16 Å². The Hall–Kier alpha value is -2.60. The summed E-state index contributed by atoms with van der Waals surface area (Å²) in [6.45, 7) is 0.233. The lowest BCUT2D eigenvalue weighted by Gasteiger charge is -2.03. The van der Waals surface area contributed by atoms with Gasteiger partial charge in [-0.3, -0.25) is 0 Å². The summed E-state index contributed by atoms with van der Waals surface area (Å²) in [7, 11) is 0. The number of carboxylic acids is 1. The number of nitrogens with zero attached hydrogens (tertiary/aromatic N) is 1. The first kappa shape index (κ1) is 16.3. The van der Waals surface area contributed by atoms with Crippen LogP contribution in [0.1, 0.15) is 11.1 Å². The fourth-order valence-electron chi connectivity index (χ4n) is 2.38. The molecule has 0 saturated heterocycles. The first-order valence-electron chi connectivity index (χ1n) is 7.35. The molecule has 0 bridgehead atoms. The summed E-state index contributed by atoms with van der Waals surface area (Å²) in [6, 6.07) is 15.3. The maximum Gasteiger partial charge on any atom is 0.354 e. The van der Waals surface area contributed by atoms with Gasteiger partial charge in [0.15, 0.2) is 5.71 Å². The van der Waals surface area contributed by atoms with Crippen molar-refractivity contribution in [1.82, 2.24) is 4.98 Å². The van der Waals surface area contributed by atoms with E-state index >= 15 is 0 Å². The number of oxime groups is 1. The molecule has 0 amide bonds. The molecule has 2 N–H and O–H groups in total. The van der Waals surface area contributed by atoms with Gasteiger partial charge in [-0.2, -0.15) is 0 Å². The summed E-state index contributed by atoms with van der Waals surface area (Å²) in [5, 5.41) is 14.1. The minimum absolute atomic E-state index is 0.0354. The monoisotopic (exact) mass is 386 g/mol. The van der Waals surface area contributed by atoms with Crippen LogP contribution in [0.25, 0.3) is 10.9 Å². The first-order chi connectivity index (χ1) is 11.6. The number of benzene rings is 2. The van der Waals surface area contributed by atoms with E-state index in [1.54, 1.807) is 6.20 Å². The summed E-state index contributed by atoms with van der Waals surface area (Å²) >= 11 is 3.43. The minimum Gasteiger partial charge on any atom is -0.477 e. The number of nitrogens with one attached hydrogen (secondary N) is 1. The molecule has 3 rings (SSSR count). The molecule has 6 heteroatoms. The SMILES string of the molecule is O=C(O)C(Cc1c[nH]c2ccc(Br)cc12)=NOCc1ccccc1. The van der Waals surface area contributed by atoms with Crippen LogP contribution in [0.15, 0.2) is 64.4 Å². The second-order valence-electron chi connectivity index (χ2n) is 5.28. The molecule has 0 aliphatic heterocycles. The molecule has 0 radical (unpaired) electrons. The standard InChI is InChI=1S/C18H15BrN2O3/c19-14-6-7-16-15(9-14)13(10-20-16)8-17(18(22)23)21-24-11-12-4-2-1-3-5-12/h1-7,9-10,20H,8,11H2,(H,22,23). The van der Waals surface area contributed by atoms with E-state index < -0.39 is 5.97 Å². The number of halogens is 1. The van der Waals surface area contributed by atoms with Crippen LogP contribution in [0, 0.1) is 0 Å². The first-order valence-corrected chi connectivity index (χ1v) is 8.14. The molecule has 0 aliphatic rings. The molecule has 24 heavy (non-hydrogen) atoms. The Morgan fingerprint density at radius 3 is 2.75 bits per heavy atom. The Morgan fingerprint density at radius 2 is 2.00 bits per heavy atom. The molecule has 3 aromatic rings. The number of aliphatic carboxylic acids is 1. The molecule has 0 fully saturated rings. The molecule has 5 nitrogen and oxygen atoms in total. The lowest BCUT2D eigenvalue weighted by atomic mass is 10.1. The molecule has 0 unspecified atom stereocenters. The van der Waals surface area contributed by atoms with E-state index in [-0.39, 0.29) is 18.7 Å². The maximum atomic E-state index is 11.4. The molecule has 1 aromatic heterocycles. The van der Waals surface area contributed by atoms with E-state index in [9.17, 15) is 9.90 Å². The van der Waals surface area contributed by atoms with Crippen LogP contribution in [-0.2, 0) is 22.7 Å². The van der Waals surface area contributed by atoms with E-state index in [4.69, 9.17) is 4.84 Å². The van der Waals surface area contributed by atoms with Gasteiger partial charge in [-0.15, -0.1) is 0 Å². The van der Waals surface area contributed by atoms with Gasteiger partial charge in [0.25, 0.3) is 0 Å².